The highest BCUT2D eigenvalue weighted by Gasteiger charge is 2.36. The summed E-state index contributed by atoms with van der Waals surface area (Å²) in [4.78, 5) is 11.3. The molecule has 3 nitrogen and oxygen atoms in total. The molecular weight excluding hydrogens is 302 g/mol. The van der Waals surface area contributed by atoms with Crippen molar-refractivity contribution in [3.8, 4) is 0 Å². The van der Waals surface area contributed by atoms with Gasteiger partial charge in [0.15, 0.2) is 0 Å². The fourth-order valence-corrected chi connectivity index (χ4v) is 2.28. The summed E-state index contributed by atoms with van der Waals surface area (Å²) >= 11 is 0. The number of aliphatic carboxylic acids is 1. The average Bonchev–Trinajstić information content (AvgIpc) is 2.44. The van der Waals surface area contributed by atoms with E-state index < -0.39 is 28.9 Å². The third kappa shape index (κ3) is 4.19. The van der Waals surface area contributed by atoms with Gasteiger partial charge in [-0.05, 0) is 30.5 Å². The van der Waals surface area contributed by atoms with Crippen LogP contribution >= 0.6 is 0 Å². The van der Waals surface area contributed by atoms with Crippen molar-refractivity contribution in [2.75, 3.05) is 6.54 Å². The van der Waals surface area contributed by atoms with Crippen molar-refractivity contribution in [2.45, 2.75) is 39.4 Å². The van der Waals surface area contributed by atoms with Crippen molar-refractivity contribution in [3.05, 3.63) is 35.1 Å². The molecule has 124 valence electrons. The zero-order valence-corrected chi connectivity index (χ0v) is 12.4. The summed E-state index contributed by atoms with van der Waals surface area (Å²) in [6, 6.07) is 2.46. The Bertz CT molecular complexity index is 525. The smallest absolute Gasteiger partial charge is 0.416 e. The second kappa shape index (κ2) is 7.09. The minimum absolute atomic E-state index is 0.0456. The molecule has 0 spiro atoms. The maximum atomic E-state index is 13.0. The highest BCUT2D eigenvalue weighted by Crippen LogP contribution is 2.33. The fourth-order valence-electron chi connectivity index (χ4n) is 2.28. The molecule has 0 radical (unpaired) electrons. The second-order valence-corrected chi connectivity index (χ2v) is 5.20. The highest BCUT2D eigenvalue weighted by molar-refractivity contribution is 5.74. The quantitative estimate of drug-likeness (QED) is 0.751. The summed E-state index contributed by atoms with van der Waals surface area (Å²) in [5.41, 5.74) is -2.17. The van der Waals surface area contributed by atoms with E-state index in [1.54, 1.807) is 13.8 Å². The van der Waals surface area contributed by atoms with Gasteiger partial charge in [-0.2, -0.15) is 13.2 Å². The minimum Gasteiger partial charge on any atom is -0.481 e. The van der Waals surface area contributed by atoms with E-state index in [9.17, 15) is 27.5 Å². The predicted molar refractivity (Wildman–Crippen MR) is 73.8 cm³/mol. The van der Waals surface area contributed by atoms with Crippen LogP contribution in [0.2, 0.25) is 0 Å². The molecule has 0 heterocycles. The Morgan fingerprint density at radius 1 is 1.23 bits per heavy atom. The lowest BCUT2D eigenvalue weighted by molar-refractivity contribution is -0.149. The van der Waals surface area contributed by atoms with Gasteiger partial charge in [-0.15, -0.1) is 0 Å². The van der Waals surface area contributed by atoms with Gasteiger partial charge in [-0.1, -0.05) is 19.9 Å². The Morgan fingerprint density at radius 2 is 1.82 bits per heavy atom. The summed E-state index contributed by atoms with van der Waals surface area (Å²) in [7, 11) is 0. The number of rotatable bonds is 7. The lowest BCUT2D eigenvalue weighted by Gasteiger charge is -2.27. The number of alkyl halides is 3. The molecule has 0 fully saturated rings. The molecule has 0 aliphatic heterocycles. The van der Waals surface area contributed by atoms with Gasteiger partial charge in [0.1, 0.15) is 5.82 Å². The molecule has 0 aliphatic rings. The van der Waals surface area contributed by atoms with Crippen molar-refractivity contribution in [3.63, 3.8) is 0 Å². The van der Waals surface area contributed by atoms with Crippen LogP contribution in [0.15, 0.2) is 18.2 Å². The lowest BCUT2D eigenvalue weighted by atomic mass is 9.82. The van der Waals surface area contributed by atoms with Gasteiger partial charge in [0, 0.05) is 13.1 Å². The Morgan fingerprint density at radius 3 is 2.27 bits per heavy atom. The molecule has 1 rings (SSSR count). The Hall–Kier alpha value is -1.63. The first-order valence-corrected chi connectivity index (χ1v) is 6.96. The third-order valence-electron chi connectivity index (χ3n) is 3.96. The number of carbonyl (C=O) groups is 1. The average molecular weight is 321 g/mol. The van der Waals surface area contributed by atoms with Crippen molar-refractivity contribution in [1.29, 1.82) is 0 Å². The summed E-state index contributed by atoms with van der Waals surface area (Å²) in [5, 5.41) is 12.0. The van der Waals surface area contributed by atoms with Gasteiger partial charge in [0.05, 0.1) is 11.0 Å². The molecule has 7 heteroatoms. The number of halogens is 4. The molecule has 0 aromatic heterocycles. The number of carboxylic acid groups (broad SMARTS) is 1. The molecule has 0 saturated heterocycles. The van der Waals surface area contributed by atoms with Gasteiger partial charge in [0.25, 0.3) is 0 Å². The molecule has 22 heavy (non-hydrogen) atoms. The third-order valence-corrected chi connectivity index (χ3v) is 3.96. The van der Waals surface area contributed by atoms with Crippen molar-refractivity contribution < 1.29 is 27.5 Å². The number of carboxylic acids is 1. The van der Waals surface area contributed by atoms with Crippen LogP contribution in [0.1, 0.15) is 37.8 Å². The summed E-state index contributed by atoms with van der Waals surface area (Å²) in [6.45, 7) is 3.31. The van der Waals surface area contributed by atoms with Crippen LogP contribution in [0.5, 0.6) is 0 Å². The largest absolute Gasteiger partial charge is 0.481 e. The maximum Gasteiger partial charge on any atom is 0.416 e. The van der Waals surface area contributed by atoms with E-state index in [1.165, 1.54) is 0 Å². The summed E-state index contributed by atoms with van der Waals surface area (Å²) in [6.07, 6.45) is -3.93. The Balaban J connectivity index is 2.87. The van der Waals surface area contributed by atoms with Gasteiger partial charge < -0.3 is 10.4 Å². The number of hydrogen-bond acceptors (Lipinski definition) is 2. The van der Waals surface area contributed by atoms with E-state index in [2.05, 4.69) is 5.32 Å². The van der Waals surface area contributed by atoms with Crippen molar-refractivity contribution in [1.82, 2.24) is 5.32 Å². The first kappa shape index (κ1) is 18.4. The van der Waals surface area contributed by atoms with E-state index >= 15 is 0 Å². The van der Waals surface area contributed by atoms with E-state index in [-0.39, 0.29) is 18.7 Å². The molecular formula is C15H19F4NO2. The van der Waals surface area contributed by atoms with Crippen LogP contribution in [-0.2, 0) is 17.5 Å². The molecule has 0 saturated carbocycles. The van der Waals surface area contributed by atoms with E-state index in [0.29, 0.717) is 18.9 Å². The SMILES string of the molecule is CCC(CC)(CNCc1ccc(F)cc1C(F)(F)F)C(=O)O. The van der Waals surface area contributed by atoms with Crippen LogP contribution < -0.4 is 5.32 Å². The number of hydrogen-bond donors (Lipinski definition) is 2. The molecule has 1 aromatic carbocycles. The van der Waals surface area contributed by atoms with Crippen LogP contribution in [0.25, 0.3) is 0 Å². The highest BCUT2D eigenvalue weighted by atomic mass is 19.4. The zero-order valence-electron chi connectivity index (χ0n) is 12.4. The van der Waals surface area contributed by atoms with Crippen molar-refractivity contribution in [2.24, 2.45) is 5.41 Å². The van der Waals surface area contributed by atoms with Gasteiger partial charge in [-0.25, -0.2) is 4.39 Å². The molecule has 0 bridgehead atoms. The lowest BCUT2D eigenvalue weighted by Crippen LogP contribution is -2.40. The van der Waals surface area contributed by atoms with E-state index in [4.69, 9.17) is 0 Å². The fraction of sp³-hybridized carbons (Fsp3) is 0.533. The first-order valence-electron chi connectivity index (χ1n) is 6.96. The number of nitrogens with one attached hydrogen (secondary N) is 1. The number of benzene rings is 1. The van der Waals surface area contributed by atoms with Gasteiger partial charge in [-0.3, -0.25) is 4.79 Å². The van der Waals surface area contributed by atoms with Crippen LogP contribution in [0, 0.1) is 11.2 Å². The first-order chi connectivity index (χ1) is 10.2. The Labute approximate surface area is 126 Å². The van der Waals surface area contributed by atoms with Crippen LogP contribution in [0.3, 0.4) is 0 Å². The topological polar surface area (TPSA) is 49.3 Å². The van der Waals surface area contributed by atoms with E-state index in [0.717, 1.165) is 12.1 Å². The predicted octanol–water partition coefficient (Wildman–Crippen LogP) is 3.83. The molecule has 0 unspecified atom stereocenters. The van der Waals surface area contributed by atoms with Crippen LogP contribution in [0.4, 0.5) is 17.6 Å². The standard InChI is InChI=1S/C15H19F4NO2/c1-3-14(4-2,13(21)22)9-20-8-10-5-6-11(16)7-12(10)15(17,18)19/h5-7,20H,3-4,8-9H2,1-2H3,(H,21,22). The Kier molecular flexibility index (Phi) is 5.93. The summed E-state index contributed by atoms with van der Waals surface area (Å²) < 4.78 is 51.6. The molecule has 1 aromatic rings. The van der Waals surface area contributed by atoms with Crippen LogP contribution in [-0.4, -0.2) is 17.6 Å². The second-order valence-electron chi connectivity index (χ2n) is 5.20. The van der Waals surface area contributed by atoms with Crippen molar-refractivity contribution >= 4 is 5.97 Å². The minimum atomic E-state index is -4.65. The molecule has 0 aliphatic carbocycles. The zero-order chi connectivity index (χ0) is 17.0. The monoisotopic (exact) mass is 321 g/mol. The summed E-state index contributed by atoms with van der Waals surface area (Å²) in [5.74, 6) is -1.95. The van der Waals surface area contributed by atoms with E-state index in [1.807, 2.05) is 0 Å². The molecule has 0 amide bonds. The molecule has 0 atom stereocenters. The van der Waals surface area contributed by atoms with Gasteiger partial charge in [0.2, 0.25) is 0 Å². The van der Waals surface area contributed by atoms with Gasteiger partial charge >= 0.3 is 12.1 Å². The molecule has 2 N–H and O–H groups in total. The maximum absolute atomic E-state index is 13.0. The normalized spacial score (nSPS) is 12.5.